The minimum Gasteiger partial charge on any atom is -0.285 e. The molecule has 1 heterocycles. The molecule has 0 amide bonds. The van der Waals surface area contributed by atoms with Gasteiger partial charge in [0.15, 0.2) is 0 Å². The van der Waals surface area contributed by atoms with E-state index >= 15 is 0 Å². The zero-order valence-corrected chi connectivity index (χ0v) is 8.18. The molecule has 1 aliphatic carbocycles. The van der Waals surface area contributed by atoms with E-state index in [-0.39, 0.29) is 5.69 Å². The van der Waals surface area contributed by atoms with Gasteiger partial charge < -0.3 is 0 Å². The second-order valence-corrected chi connectivity index (χ2v) is 3.46. The Hall–Kier alpha value is -2.36. The first-order valence-electron chi connectivity index (χ1n) is 4.78. The smallest absolute Gasteiger partial charge is 0.254 e. The van der Waals surface area contributed by atoms with Gasteiger partial charge in [0.05, 0.1) is 0 Å². The van der Waals surface area contributed by atoms with E-state index in [1.54, 1.807) is 24.3 Å². The maximum atomic E-state index is 11.8. The van der Waals surface area contributed by atoms with Crippen LogP contribution in [0.2, 0.25) is 0 Å². The fourth-order valence-corrected chi connectivity index (χ4v) is 1.82. The van der Waals surface area contributed by atoms with Crippen molar-refractivity contribution in [1.82, 2.24) is 9.97 Å². The van der Waals surface area contributed by atoms with E-state index in [1.807, 2.05) is 0 Å². The molecule has 0 fully saturated rings. The average molecular weight is 210 g/mol. The SMILES string of the molecule is O=C1C(=O)c2nccnc2-c2ccccc21. The quantitative estimate of drug-likeness (QED) is 0.618. The van der Waals surface area contributed by atoms with Gasteiger partial charge in [0.25, 0.3) is 5.78 Å². The van der Waals surface area contributed by atoms with Crippen molar-refractivity contribution >= 4 is 11.6 Å². The average Bonchev–Trinajstić information content (AvgIpc) is 2.36. The molecular weight excluding hydrogens is 204 g/mol. The van der Waals surface area contributed by atoms with E-state index in [1.165, 1.54) is 12.4 Å². The first kappa shape index (κ1) is 8.91. The topological polar surface area (TPSA) is 59.9 Å². The van der Waals surface area contributed by atoms with Crippen molar-refractivity contribution in [3.05, 3.63) is 47.9 Å². The first-order chi connectivity index (χ1) is 7.79. The van der Waals surface area contributed by atoms with E-state index in [2.05, 4.69) is 9.97 Å². The van der Waals surface area contributed by atoms with Crippen LogP contribution in [0.25, 0.3) is 11.3 Å². The Morgan fingerprint density at radius 3 is 2.12 bits per heavy atom. The summed E-state index contributed by atoms with van der Waals surface area (Å²) in [5, 5.41) is 0. The summed E-state index contributed by atoms with van der Waals surface area (Å²) in [6.07, 6.45) is 2.93. The molecule has 1 aromatic heterocycles. The van der Waals surface area contributed by atoms with Crippen LogP contribution in [0.15, 0.2) is 36.7 Å². The normalized spacial score (nSPS) is 13.2. The molecule has 0 saturated carbocycles. The summed E-state index contributed by atoms with van der Waals surface area (Å²) in [6, 6.07) is 6.94. The molecule has 0 spiro atoms. The maximum absolute atomic E-state index is 11.8. The first-order valence-corrected chi connectivity index (χ1v) is 4.78. The van der Waals surface area contributed by atoms with Gasteiger partial charge in [-0.3, -0.25) is 14.6 Å². The molecule has 0 bridgehead atoms. The zero-order chi connectivity index (χ0) is 11.1. The number of carbonyl (C=O) groups excluding carboxylic acids is 2. The van der Waals surface area contributed by atoms with Crippen molar-refractivity contribution < 1.29 is 9.59 Å². The van der Waals surface area contributed by atoms with Crippen LogP contribution in [0, 0.1) is 0 Å². The van der Waals surface area contributed by atoms with Gasteiger partial charge in [0, 0.05) is 23.5 Å². The third-order valence-corrected chi connectivity index (χ3v) is 2.55. The summed E-state index contributed by atoms with van der Waals surface area (Å²) < 4.78 is 0. The largest absolute Gasteiger partial charge is 0.285 e. The van der Waals surface area contributed by atoms with Crippen LogP contribution in [0.3, 0.4) is 0 Å². The van der Waals surface area contributed by atoms with Crippen LogP contribution in [0.5, 0.6) is 0 Å². The predicted molar refractivity (Wildman–Crippen MR) is 56.1 cm³/mol. The molecule has 0 aliphatic heterocycles. The van der Waals surface area contributed by atoms with Crippen molar-refractivity contribution in [2.24, 2.45) is 0 Å². The van der Waals surface area contributed by atoms with Crippen molar-refractivity contribution in [2.45, 2.75) is 0 Å². The molecule has 1 aliphatic rings. The molecule has 3 rings (SSSR count). The minimum atomic E-state index is -0.582. The van der Waals surface area contributed by atoms with Crippen LogP contribution in [-0.4, -0.2) is 21.5 Å². The van der Waals surface area contributed by atoms with Gasteiger partial charge >= 0.3 is 0 Å². The summed E-state index contributed by atoms with van der Waals surface area (Å²) in [5.74, 6) is -1.09. The molecule has 0 unspecified atom stereocenters. The standard InChI is InChI=1S/C12H6N2O2/c15-11-8-4-2-1-3-7(8)9-10(12(11)16)14-6-5-13-9/h1-6H. The van der Waals surface area contributed by atoms with Gasteiger partial charge in [0.2, 0.25) is 5.78 Å². The monoisotopic (exact) mass is 210 g/mol. The fourth-order valence-electron chi connectivity index (χ4n) is 1.82. The number of hydrogen-bond donors (Lipinski definition) is 0. The van der Waals surface area contributed by atoms with Crippen molar-refractivity contribution in [3.8, 4) is 11.3 Å². The van der Waals surface area contributed by atoms with Crippen molar-refractivity contribution in [1.29, 1.82) is 0 Å². The van der Waals surface area contributed by atoms with Gasteiger partial charge in [-0.25, -0.2) is 4.98 Å². The lowest BCUT2D eigenvalue weighted by Crippen LogP contribution is -2.23. The van der Waals surface area contributed by atoms with Gasteiger partial charge in [-0.15, -0.1) is 0 Å². The van der Waals surface area contributed by atoms with Crippen LogP contribution in [0.4, 0.5) is 0 Å². The lowest BCUT2D eigenvalue weighted by molar-refractivity contribution is 0.0812. The van der Waals surface area contributed by atoms with Crippen LogP contribution in [0.1, 0.15) is 20.8 Å². The second-order valence-electron chi connectivity index (χ2n) is 3.46. The van der Waals surface area contributed by atoms with Gasteiger partial charge in [-0.2, -0.15) is 0 Å². The highest BCUT2D eigenvalue weighted by molar-refractivity contribution is 6.52. The summed E-state index contributed by atoms with van der Waals surface area (Å²) in [4.78, 5) is 31.5. The molecule has 0 atom stereocenters. The number of ketones is 2. The van der Waals surface area contributed by atoms with Gasteiger partial charge in [0.1, 0.15) is 11.4 Å². The van der Waals surface area contributed by atoms with E-state index in [0.29, 0.717) is 16.8 Å². The van der Waals surface area contributed by atoms with E-state index in [9.17, 15) is 9.59 Å². The molecule has 4 nitrogen and oxygen atoms in total. The van der Waals surface area contributed by atoms with Crippen LogP contribution >= 0.6 is 0 Å². The zero-order valence-electron chi connectivity index (χ0n) is 8.18. The molecule has 0 radical (unpaired) electrons. The summed E-state index contributed by atoms with van der Waals surface area (Å²) >= 11 is 0. The van der Waals surface area contributed by atoms with Crippen molar-refractivity contribution in [2.75, 3.05) is 0 Å². The maximum Gasteiger partial charge on any atom is 0.254 e. The minimum absolute atomic E-state index is 0.145. The number of benzene rings is 1. The van der Waals surface area contributed by atoms with E-state index in [4.69, 9.17) is 0 Å². The summed E-state index contributed by atoms with van der Waals surface area (Å²) in [6.45, 7) is 0. The fraction of sp³-hybridized carbons (Fsp3) is 0. The van der Waals surface area contributed by atoms with E-state index < -0.39 is 11.6 Å². The molecule has 76 valence electrons. The highest BCUT2D eigenvalue weighted by Gasteiger charge is 2.31. The molecule has 4 heteroatoms. The lowest BCUT2D eigenvalue weighted by atomic mass is 9.90. The Kier molecular flexibility index (Phi) is 1.71. The molecule has 2 aromatic rings. The highest BCUT2D eigenvalue weighted by atomic mass is 16.2. The van der Waals surface area contributed by atoms with Crippen LogP contribution in [-0.2, 0) is 0 Å². The molecule has 0 N–H and O–H groups in total. The Labute approximate surface area is 91.0 Å². The number of fused-ring (bicyclic) bond motifs is 3. The Bertz CT molecular complexity index is 564. The molecule has 1 aromatic carbocycles. The number of nitrogens with zero attached hydrogens (tertiary/aromatic N) is 2. The second kappa shape index (κ2) is 3.06. The summed E-state index contributed by atoms with van der Waals surface area (Å²) in [5.41, 5.74) is 1.71. The number of carbonyl (C=O) groups is 2. The highest BCUT2D eigenvalue weighted by Crippen LogP contribution is 2.29. The lowest BCUT2D eigenvalue weighted by Gasteiger charge is -2.14. The summed E-state index contributed by atoms with van der Waals surface area (Å²) in [7, 11) is 0. The third-order valence-electron chi connectivity index (χ3n) is 2.55. The predicted octanol–water partition coefficient (Wildman–Crippen LogP) is 1.52. The molecule has 0 saturated heterocycles. The molecular formula is C12H6N2O2. The third kappa shape index (κ3) is 1.04. The van der Waals surface area contributed by atoms with E-state index in [0.717, 1.165) is 0 Å². The van der Waals surface area contributed by atoms with Gasteiger partial charge in [-0.1, -0.05) is 24.3 Å². The number of aromatic nitrogens is 2. The Morgan fingerprint density at radius 1 is 0.750 bits per heavy atom. The molecule has 16 heavy (non-hydrogen) atoms. The number of rotatable bonds is 0. The Morgan fingerprint density at radius 2 is 1.38 bits per heavy atom. The Balaban J connectivity index is 2.41. The van der Waals surface area contributed by atoms with Crippen LogP contribution < -0.4 is 0 Å². The number of Topliss-reactive ketones (excluding diaryl/α,β-unsaturated/α-hetero) is 2. The van der Waals surface area contributed by atoms with Crippen molar-refractivity contribution in [3.63, 3.8) is 0 Å². The van der Waals surface area contributed by atoms with Gasteiger partial charge in [-0.05, 0) is 0 Å². The number of hydrogen-bond acceptors (Lipinski definition) is 4.